The molecule has 5 heteroatoms. The molecule has 0 heterocycles. The van der Waals surface area contributed by atoms with Crippen LogP contribution < -0.4 is 0 Å². The lowest BCUT2D eigenvalue weighted by molar-refractivity contribution is -0.141. The van der Waals surface area contributed by atoms with Gasteiger partial charge in [-0.05, 0) is 12.8 Å². The lowest BCUT2D eigenvalue weighted by atomic mass is 9.97. The maximum absolute atomic E-state index is 10.9. The van der Waals surface area contributed by atoms with Gasteiger partial charge in [-0.25, -0.2) is 4.79 Å². The summed E-state index contributed by atoms with van der Waals surface area (Å²) in [6.07, 6.45) is 2.62. The van der Waals surface area contributed by atoms with Crippen molar-refractivity contribution in [1.29, 1.82) is 5.26 Å². The predicted octanol–water partition coefficient (Wildman–Crippen LogP) is 2.39. The van der Waals surface area contributed by atoms with Crippen molar-refractivity contribution >= 4 is 5.97 Å². The van der Waals surface area contributed by atoms with Crippen LogP contribution in [0.25, 0.3) is 0 Å². The average molecular weight is 211 g/mol. The van der Waals surface area contributed by atoms with E-state index < -0.39 is 11.5 Å². The molecular weight excluding hydrogens is 194 g/mol. The van der Waals surface area contributed by atoms with Gasteiger partial charge in [0.1, 0.15) is 6.07 Å². The van der Waals surface area contributed by atoms with Crippen LogP contribution in [0.1, 0.15) is 39.5 Å². The SMILES string of the molecule is CCCCN=NC(C#N)(CCC)C(=O)O. The molecule has 15 heavy (non-hydrogen) atoms. The Bertz CT molecular complexity index is 270. The molecule has 0 amide bonds. The number of hydrogen-bond acceptors (Lipinski definition) is 4. The van der Waals surface area contributed by atoms with Gasteiger partial charge in [0.15, 0.2) is 0 Å². The van der Waals surface area contributed by atoms with Crippen molar-refractivity contribution in [3.8, 4) is 6.07 Å². The zero-order valence-electron chi connectivity index (χ0n) is 9.23. The van der Waals surface area contributed by atoms with E-state index in [0.29, 0.717) is 13.0 Å². The van der Waals surface area contributed by atoms with Crippen LogP contribution in [0.3, 0.4) is 0 Å². The number of carbonyl (C=O) groups is 1. The quantitative estimate of drug-likeness (QED) is 0.518. The van der Waals surface area contributed by atoms with Gasteiger partial charge in [0.25, 0.3) is 5.54 Å². The van der Waals surface area contributed by atoms with E-state index in [1.807, 2.05) is 13.8 Å². The summed E-state index contributed by atoms with van der Waals surface area (Å²) in [6.45, 7) is 4.31. The molecule has 0 fully saturated rings. The first kappa shape index (κ1) is 13.6. The van der Waals surface area contributed by atoms with Gasteiger partial charge in [0.2, 0.25) is 0 Å². The zero-order chi connectivity index (χ0) is 11.7. The van der Waals surface area contributed by atoms with E-state index >= 15 is 0 Å². The number of aliphatic carboxylic acids is 1. The fourth-order valence-corrected chi connectivity index (χ4v) is 1.09. The minimum absolute atomic E-state index is 0.203. The highest BCUT2D eigenvalue weighted by molar-refractivity contribution is 5.82. The molecule has 0 saturated heterocycles. The number of rotatable bonds is 7. The van der Waals surface area contributed by atoms with Gasteiger partial charge in [-0.1, -0.05) is 26.7 Å². The lowest BCUT2D eigenvalue weighted by Crippen LogP contribution is -2.34. The number of hydrogen-bond donors (Lipinski definition) is 1. The molecule has 1 atom stereocenters. The summed E-state index contributed by atoms with van der Waals surface area (Å²) in [5.74, 6) is -1.22. The van der Waals surface area contributed by atoms with Gasteiger partial charge >= 0.3 is 5.97 Å². The summed E-state index contributed by atoms with van der Waals surface area (Å²) in [5.41, 5.74) is -1.68. The van der Waals surface area contributed by atoms with E-state index in [1.54, 1.807) is 6.07 Å². The molecule has 0 spiro atoms. The number of unbranched alkanes of at least 4 members (excludes halogenated alkanes) is 1. The number of azo groups is 1. The zero-order valence-corrected chi connectivity index (χ0v) is 9.23. The maximum atomic E-state index is 10.9. The summed E-state index contributed by atoms with van der Waals surface area (Å²) in [4.78, 5) is 10.9. The third-order valence-electron chi connectivity index (χ3n) is 2.00. The smallest absolute Gasteiger partial charge is 0.348 e. The Balaban J connectivity index is 4.56. The molecule has 0 aromatic heterocycles. The van der Waals surface area contributed by atoms with Gasteiger partial charge < -0.3 is 5.11 Å². The highest BCUT2D eigenvalue weighted by atomic mass is 16.4. The van der Waals surface area contributed by atoms with Crippen LogP contribution in [0.4, 0.5) is 0 Å². The molecule has 5 nitrogen and oxygen atoms in total. The first-order valence-corrected chi connectivity index (χ1v) is 5.16. The Morgan fingerprint density at radius 3 is 2.53 bits per heavy atom. The second kappa shape index (κ2) is 6.93. The lowest BCUT2D eigenvalue weighted by Gasteiger charge is -2.13. The first-order valence-electron chi connectivity index (χ1n) is 5.16. The molecule has 0 rings (SSSR count). The van der Waals surface area contributed by atoms with Gasteiger partial charge in [0, 0.05) is 0 Å². The Kier molecular flexibility index (Phi) is 6.27. The van der Waals surface area contributed by atoms with E-state index in [0.717, 1.165) is 12.8 Å². The van der Waals surface area contributed by atoms with Gasteiger partial charge in [0.05, 0.1) is 6.54 Å². The Labute approximate surface area is 89.8 Å². The normalized spacial score (nSPS) is 14.7. The number of nitrogens with zero attached hydrogens (tertiary/aromatic N) is 3. The molecule has 1 N–H and O–H groups in total. The largest absolute Gasteiger partial charge is 0.479 e. The van der Waals surface area contributed by atoms with Crippen molar-refractivity contribution in [3.63, 3.8) is 0 Å². The monoisotopic (exact) mass is 211 g/mol. The summed E-state index contributed by atoms with van der Waals surface area (Å²) in [6, 6.07) is 1.73. The summed E-state index contributed by atoms with van der Waals surface area (Å²) in [7, 11) is 0. The molecule has 0 radical (unpaired) electrons. The highest BCUT2D eigenvalue weighted by Crippen LogP contribution is 2.18. The van der Waals surface area contributed by atoms with Crippen LogP contribution in [0.5, 0.6) is 0 Å². The van der Waals surface area contributed by atoms with E-state index in [4.69, 9.17) is 10.4 Å². The molecule has 0 bridgehead atoms. The van der Waals surface area contributed by atoms with Crippen LogP contribution in [0.15, 0.2) is 10.2 Å². The van der Waals surface area contributed by atoms with Crippen LogP contribution in [-0.4, -0.2) is 23.2 Å². The van der Waals surface area contributed by atoms with Crippen molar-refractivity contribution in [2.45, 2.75) is 45.1 Å². The van der Waals surface area contributed by atoms with Crippen LogP contribution >= 0.6 is 0 Å². The van der Waals surface area contributed by atoms with Crippen LogP contribution in [-0.2, 0) is 4.79 Å². The minimum Gasteiger partial charge on any atom is -0.479 e. The topological polar surface area (TPSA) is 85.8 Å². The molecule has 0 aromatic carbocycles. The van der Waals surface area contributed by atoms with Crippen molar-refractivity contribution in [1.82, 2.24) is 0 Å². The summed E-state index contributed by atoms with van der Waals surface area (Å²) < 4.78 is 0. The Morgan fingerprint density at radius 2 is 2.13 bits per heavy atom. The number of carboxylic acids is 1. The van der Waals surface area contributed by atoms with Crippen molar-refractivity contribution < 1.29 is 9.90 Å². The maximum Gasteiger partial charge on any atom is 0.348 e. The third-order valence-corrected chi connectivity index (χ3v) is 2.00. The molecular formula is C10H17N3O2. The molecule has 0 aliphatic rings. The van der Waals surface area contributed by atoms with E-state index in [2.05, 4.69) is 10.2 Å². The van der Waals surface area contributed by atoms with E-state index in [1.165, 1.54) is 0 Å². The highest BCUT2D eigenvalue weighted by Gasteiger charge is 2.38. The predicted molar refractivity (Wildman–Crippen MR) is 55.5 cm³/mol. The first-order chi connectivity index (χ1) is 7.13. The molecule has 0 saturated carbocycles. The van der Waals surface area contributed by atoms with Gasteiger partial charge in [-0.3, -0.25) is 0 Å². The fourth-order valence-electron chi connectivity index (χ4n) is 1.09. The molecule has 0 aliphatic carbocycles. The number of nitriles is 1. The molecule has 1 unspecified atom stereocenters. The average Bonchev–Trinajstić information content (AvgIpc) is 2.22. The van der Waals surface area contributed by atoms with Crippen molar-refractivity contribution in [3.05, 3.63) is 0 Å². The summed E-state index contributed by atoms with van der Waals surface area (Å²) >= 11 is 0. The minimum atomic E-state index is -1.68. The van der Waals surface area contributed by atoms with Gasteiger partial charge in [-0.15, -0.1) is 0 Å². The van der Waals surface area contributed by atoms with Crippen LogP contribution in [0, 0.1) is 11.3 Å². The fraction of sp³-hybridized carbons (Fsp3) is 0.800. The van der Waals surface area contributed by atoms with Crippen LogP contribution in [0.2, 0.25) is 0 Å². The summed E-state index contributed by atoms with van der Waals surface area (Å²) in [5, 5.41) is 25.2. The second-order valence-electron chi connectivity index (χ2n) is 3.35. The molecule has 84 valence electrons. The number of carboxylic acid groups (broad SMARTS) is 1. The Hall–Kier alpha value is -1.44. The standard InChI is InChI=1S/C10H17N3O2/c1-3-5-7-12-13-10(8-11,6-4-2)9(14)15/h3-7H2,1-2H3,(H,14,15). The van der Waals surface area contributed by atoms with Crippen molar-refractivity contribution in [2.75, 3.05) is 6.54 Å². The molecule has 0 aliphatic heterocycles. The van der Waals surface area contributed by atoms with Gasteiger partial charge in [-0.2, -0.15) is 15.5 Å². The third kappa shape index (κ3) is 4.07. The van der Waals surface area contributed by atoms with E-state index in [-0.39, 0.29) is 6.42 Å². The van der Waals surface area contributed by atoms with E-state index in [9.17, 15) is 4.79 Å². The molecule has 0 aromatic rings. The Morgan fingerprint density at radius 1 is 1.47 bits per heavy atom. The second-order valence-corrected chi connectivity index (χ2v) is 3.35. The van der Waals surface area contributed by atoms with Crippen molar-refractivity contribution in [2.24, 2.45) is 10.2 Å².